The van der Waals surface area contributed by atoms with Crippen LogP contribution in [0.15, 0.2) is 48.8 Å². The van der Waals surface area contributed by atoms with E-state index in [2.05, 4.69) is 15.6 Å². The molecule has 2 N–H and O–H groups in total. The molecule has 0 saturated heterocycles. The molecule has 0 atom stereocenters. The van der Waals surface area contributed by atoms with E-state index in [4.69, 9.17) is 0 Å². The Morgan fingerprint density at radius 2 is 2.00 bits per heavy atom. The number of carbonyl (C=O) groups is 2. The largest absolute Gasteiger partial charge is 0.351 e. The molecule has 118 valence electrons. The molecule has 1 fully saturated rings. The van der Waals surface area contributed by atoms with E-state index in [9.17, 15) is 14.0 Å². The van der Waals surface area contributed by atoms with Crippen LogP contribution < -0.4 is 10.6 Å². The molecule has 3 rings (SSSR count). The first-order valence-electron chi connectivity index (χ1n) is 7.34. The Hall–Kier alpha value is -2.76. The monoisotopic (exact) mass is 313 g/mol. The Labute approximate surface area is 132 Å². The summed E-state index contributed by atoms with van der Waals surface area (Å²) in [6.07, 6.45) is 4.30. The normalized spacial score (nSPS) is 14.8. The minimum absolute atomic E-state index is 0.310. The van der Waals surface area contributed by atoms with Crippen LogP contribution in [-0.2, 0) is 16.1 Å². The van der Waals surface area contributed by atoms with Crippen LogP contribution in [0, 0.1) is 11.2 Å². The van der Waals surface area contributed by atoms with Gasteiger partial charge < -0.3 is 10.6 Å². The zero-order valence-corrected chi connectivity index (χ0v) is 12.4. The van der Waals surface area contributed by atoms with Crippen molar-refractivity contribution in [1.29, 1.82) is 0 Å². The van der Waals surface area contributed by atoms with Crippen molar-refractivity contribution in [2.45, 2.75) is 19.4 Å². The van der Waals surface area contributed by atoms with Crippen LogP contribution in [0.4, 0.5) is 10.1 Å². The van der Waals surface area contributed by atoms with Gasteiger partial charge in [0, 0.05) is 24.6 Å². The van der Waals surface area contributed by atoms with Gasteiger partial charge in [0.1, 0.15) is 11.2 Å². The van der Waals surface area contributed by atoms with Gasteiger partial charge in [0.25, 0.3) is 0 Å². The molecule has 5 nitrogen and oxygen atoms in total. The van der Waals surface area contributed by atoms with Crippen molar-refractivity contribution in [3.8, 4) is 0 Å². The van der Waals surface area contributed by atoms with Gasteiger partial charge in [-0.2, -0.15) is 0 Å². The third-order valence-electron chi connectivity index (χ3n) is 3.88. The fraction of sp³-hybridized carbons (Fsp3) is 0.235. The summed E-state index contributed by atoms with van der Waals surface area (Å²) in [4.78, 5) is 28.7. The second-order valence-electron chi connectivity index (χ2n) is 5.59. The maximum Gasteiger partial charge on any atom is 0.240 e. The van der Waals surface area contributed by atoms with Crippen LogP contribution >= 0.6 is 0 Å². The Bertz CT molecular complexity index is 730. The molecule has 0 bridgehead atoms. The van der Waals surface area contributed by atoms with Gasteiger partial charge in [-0.15, -0.1) is 0 Å². The Morgan fingerprint density at radius 1 is 1.17 bits per heavy atom. The number of rotatable bonds is 5. The molecule has 1 aromatic carbocycles. The van der Waals surface area contributed by atoms with Crippen LogP contribution in [0.25, 0.3) is 0 Å². The lowest BCUT2D eigenvalue weighted by molar-refractivity contribution is -0.134. The SMILES string of the molecule is O=C(NCc1cccnc1)C1(C(=O)Nc2cccc(F)c2)CC1. The topological polar surface area (TPSA) is 71.1 Å². The number of pyridine rings is 1. The quantitative estimate of drug-likeness (QED) is 0.832. The number of nitrogens with zero attached hydrogens (tertiary/aromatic N) is 1. The Morgan fingerprint density at radius 3 is 2.65 bits per heavy atom. The Kier molecular flexibility index (Phi) is 4.06. The van der Waals surface area contributed by atoms with Crippen LogP contribution in [0.2, 0.25) is 0 Å². The van der Waals surface area contributed by atoms with E-state index >= 15 is 0 Å². The second kappa shape index (κ2) is 6.16. The molecule has 23 heavy (non-hydrogen) atoms. The number of aromatic nitrogens is 1. The summed E-state index contributed by atoms with van der Waals surface area (Å²) in [7, 11) is 0. The predicted molar refractivity (Wildman–Crippen MR) is 82.8 cm³/mol. The average molecular weight is 313 g/mol. The van der Waals surface area contributed by atoms with Gasteiger partial charge >= 0.3 is 0 Å². The lowest BCUT2D eigenvalue weighted by Gasteiger charge is -2.15. The maximum atomic E-state index is 13.2. The first-order chi connectivity index (χ1) is 11.1. The molecule has 6 heteroatoms. The van der Waals surface area contributed by atoms with Crippen molar-refractivity contribution in [3.05, 3.63) is 60.2 Å². The molecular weight excluding hydrogens is 297 g/mol. The molecule has 1 saturated carbocycles. The fourth-order valence-corrected chi connectivity index (χ4v) is 2.35. The van der Waals surface area contributed by atoms with E-state index in [0.29, 0.717) is 25.1 Å². The summed E-state index contributed by atoms with van der Waals surface area (Å²) in [6, 6.07) is 9.24. The zero-order chi connectivity index (χ0) is 16.3. The Balaban J connectivity index is 1.62. The predicted octanol–water partition coefficient (Wildman–Crippen LogP) is 2.26. The maximum absolute atomic E-state index is 13.2. The van der Waals surface area contributed by atoms with Crippen LogP contribution in [-0.4, -0.2) is 16.8 Å². The molecule has 2 amide bonds. The lowest BCUT2D eigenvalue weighted by Crippen LogP contribution is -2.39. The standard InChI is InChI=1S/C17H16FN3O2/c18-13-4-1-5-14(9-13)21-16(23)17(6-7-17)15(22)20-11-12-3-2-8-19-10-12/h1-5,8-10H,6-7,11H2,(H,20,22)(H,21,23). The third kappa shape index (κ3) is 3.36. The number of hydrogen-bond donors (Lipinski definition) is 2. The van der Waals surface area contributed by atoms with Gasteiger partial charge in [0.2, 0.25) is 11.8 Å². The summed E-state index contributed by atoms with van der Waals surface area (Å²) in [5.74, 6) is -1.14. The molecule has 1 heterocycles. The number of carbonyl (C=O) groups excluding carboxylic acids is 2. The molecule has 1 aliphatic rings. The first kappa shape index (κ1) is 15.1. The van der Waals surface area contributed by atoms with Crippen LogP contribution in [0.3, 0.4) is 0 Å². The number of amides is 2. The highest BCUT2D eigenvalue weighted by molar-refractivity contribution is 6.13. The minimum Gasteiger partial charge on any atom is -0.351 e. The van der Waals surface area contributed by atoms with Crippen LogP contribution in [0.5, 0.6) is 0 Å². The number of anilines is 1. The van der Waals surface area contributed by atoms with Crippen molar-refractivity contribution in [3.63, 3.8) is 0 Å². The highest BCUT2D eigenvalue weighted by Gasteiger charge is 2.56. The molecule has 0 spiro atoms. The molecule has 2 aromatic rings. The van der Waals surface area contributed by atoms with Gasteiger partial charge in [-0.05, 0) is 42.7 Å². The highest BCUT2D eigenvalue weighted by Crippen LogP contribution is 2.46. The third-order valence-corrected chi connectivity index (χ3v) is 3.88. The van der Waals surface area contributed by atoms with Gasteiger partial charge in [-0.1, -0.05) is 12.1 Å². The highest BCUT2D eigenvalue weighted by atomic mass is 19.1. The first-order valence-corrected chi connectivity index (χ1v) is 7.34. The van der Waals surface area contributed by atoms with Crippen LogP contribution in [0.1, 0.15) is 18.4 Å². The second-order valence-corrected chi connectivity index (χ2v) is 5.59. The molecule has 1 aromatic heterocycles. The number of benzene rings is 1. The van der Waals surface area contributed by atoms with Crippen molar-refractivity contribution in [2.24, 2.45) is 5.41 Å². The van der Waals surface area contributed by atoms with Gasteiger partial charge in [0.05, 0.1) is 0 Å². The van der Waals surface area contributed by atoms with E-state index in [1.807, 2.05) is 6.07 Å². The molecule has 0 unspecified atom stereocenters. The summed E-state index contributed by atoms with van der Waals surface area (Å²) >= 11 is 0. The van der Waals surface area contributed by atoms with Crippen molar-refractivity contribution in [2.75, 3.05) is 5.32 Å². The summed E-state index contributed by atoms with van der Waals surface area (Å²) in [5, 5.41) is 5.38. The van der Waals surface area contributed by atoms with E-state index in [1.54, 1.807) is 24.5 Å². The van der Waals surface area contributed by atoms with Crippen molar-refractivity contribution in [1.82, 2.24) is 10.3 Å². The molecule has 1 aliphatic carbocycles. The number of hydrogen-bond acceptors (Lipinski definition) is 3. The molecule has 0 aliphatic heterocycles. The van der Waals surface area contributed by atoms with Crippen molar-refractivity contribution < 1.29 is 14.0 Å². The van der Waals surface area contributed by atoms with Gasteiger partial charge in [-0.3, -0.25) is 14.6 Å². The van der Waals surface area contributed by atoms with Crippen molar-refractivity contribution >= 4 is 17.5 Å². The smallest absolute Gasteiger partial charge is 0.240 e. The molecular formula is C17H16FN3O2. The fourth-order valence-electron chi connectivity index (χ4n) is 2.35. The van der Waals surface area contributed by atoms with E-state index < -0.39 is 17.1 Å². The zero-order valence-electron chi connectivity index (χ0n) is 12.4. The summed E-state index contributed by atoms with van der Waals surface area (Å²) in [5.41, 5.74) is 0.164. The average Bonchev–Trinajstić information content (AvgIpc) is 3.35. The summed E-state index contributed by atoms with van der Waals surface area (Å²) in [6.45, 7) is 0.321. The van der Waals surface area contributed by atoms with Gasteiger partial charge in [-0.25, -0.2) is 4.39 Å². The summed E-state index contributed by atoms with van der Waals surface area (Å²) < 4.78 is 13.2. The minimum atomic E-state index is -1.05. The number of nitrogens with one attached hydrogen (secondary N) is 2. The lowest BCUT2D eigenvalue weighted by atomic mass is 10.0. The van der Waals surface area contributed by atoms with E-state index in [0.717, 1.165) is 5.56 Å². The van der Waals surface area contributed by atoms with E-state index in [-0.39, 0.29) is 5.91 Å². The van der Waals surface area contributed by atoms with Gasteiger partial charge in [0.15, 0.2) is 0 Å². The van der Waals surface area contributed by atoms with E-state index in [1.165, 1.54) is 18.2 Å². The molecule has 0 radical (unpaired) electrons. The number of halogens is 1.